The van der Waals surface area contributed by atoms with Crippen molar-refractivity contribution >= 4 is 5.91 Å². The molecule has 1 aliphatic carbocycles. The third-order valence-electron chi connectivity index (χ3n) is 4.55. The van der Waals surface area contributed by atoms with E-state index in [1.807, 2.05) is 6.92 Å². The standard InChI is InChI=1S/C17H26N2O3/c1-11-15(21-2)8-13(9-16(11)22-3)17(20)19-14(10-18)12-6-4-5-7-12/h8-9,12,14H,4-7,10,18H2,1-3H3,(H,19,20). The molecule has 1 atom stereocenters. The van der Waals surface area contributed by atoms with Crippen molar-refractivity contribution in [3.05, 3.63) is 23.3 Å². The van der Waals surface area contributed by atoms with Crippen LogP contribution in [0.1, 0.15) is 41.6 Å². The average molecular weight is 306 g/mol. The summed E-state index contributed by atoms with van der Waals surface area (Å²) in [5.41, 5.74) is 7.27. The summed E-state index contributed by atoms with van der Waals surface area (Å²) in [7, 11) is 3.18. The Hall–Kier alpha value is -1.75. The second kappa shape index (κ2) is 7.49. The van der Waals surface area contributed by atoms with Crippen LogP contribution in [-0.4, -0.2) is 32.7 Å². The van der Waals surface area contributed by atoms with Gasteiger partial charge in [0, 0.05) is 23.7 Å². The Morgan fingerprint density at radius 2 is 1.82 bits per heavy atom. The Morgan fingerprint density at radius 1 is 1.27 bits per heavy atom. The van der Waals surface area contributed by atoms with Gasteiger partial charge in [-0.05, 0) is 37.8 Å². The molecule has 0 spiro atoms. The van der Waals surface area contributed by atoms with E-state index < -0.39 is 0 Å². The minimum Gasteiger partial charge on any atom is -0.496 e. The zero-order valence-corrected chi connectivity index (χ0v) is 13.6. The molecule has 1 fully saturated rings. The van der Waals surface area contributed by atoms with Crippen LogP contribution in [0, 0.1) is 12.8 Å². The Balaban J connectivity index is 2.17. The topological polar surface area (TPSA) is 73.6 Å². The zero-order valence-electron chi connectivity index (χ0n) is 13.6. The molecule has 1 amide bonds. The lowest BCUT2D eigenvalue weighted by atomic mass is 9.97. The van der Waals surface area contributed by atoms with E-state index in [0.29, 0.717) is 29.5 Å². The fraction of sp³-hybridized carbons (Fsp3) is 0.588. The van der Waals surface area contributed by atoms with Crippen LogP contribution in [0.3, 0.4) is 0 Å². The Kier molecular flexibility index (Phi) is 5.66. The third kappa shape index (κ3) is 3.53. The number of ether oxygens (including phenoxy) is 2. The SMILES string of the molecule is COc1cc(C(=O)NC(CN)C2CCCC2)cc(OC)c1C. The number of hydrogen-bond donors (Lipinski definition) is 2. The van der Waals surface area contributed by atoms with Crippen molar-refractivity contribution in [1.29, 1.82) is 0 Å². The molecule has 122 valence electrons. The summed E-state index contributed by atoms with van der Waals surface area (Å²) in [6, 6.07) is 3.53. The van der Waals surface area contributed by atoms with Gasteiger partial charge in [0.1, 0.15) is 11.5 Å². The van der Waals surface area contributed by atoms with Gasteiger partial charge >= 0.3 is 0 Å². The molecule has 0 bridgehead atoms. The number of nitrogens with one attached hydrogen (secondary N) is 1. The summed E-state index contributed by atoms with van der Waals surface area (Å²) >= 11 is 0. The van der Waals surface area contributed by atoms with Crippen LogP contribution in [0.25, 0.3) is 0 Å². The van der Waals surface area contributed by atoms with E-state index in [2.05, 4.69) is 5.32 Å². The molecule has 1 saturated carbocycles. The second-order valence-corrected chi connectivity index (χ2v) is 5.87. The number of carbonyl (C=O) groups is 1. The number of benzene rings is 1. The molecule has 0 radical (unpaired) electrons. The number of hydrogen-bond acceptors (Lipinski definition) is 4. The Labute approximate surface area is 132 Å². The van der Waals surface area contributed by atoms with Crippen molar-refractivity contribution in [3.8, 4) is 11.5 Å². The molecule has 5 heteroatoms. The molecule has 3 N–H and O–H groups in total. The molecular formula is C17H26N2O3. The van der Waals surface area contributed by atoms with Gasteiger partial charge in [0.2, 0.25) is 0 Å². The Morgan fingerprint density at radius 3 is 2.27 bits per heavy atom. The van der Waals surface area contributed by atoms with Crippen LogP contribution in [0.4, 0.5) is 0 Å². The first-order valence-corrected chi connectivity index (χ1v) is 7.84. The van der Waals surface area contributed by atoms with E-state index in [0.717, 1.165) is 18.4 Å². The maximum atomic E-state index is 12.5. The number of carbonyl (C=O) groups excluding carboxylic acids is 1. The van der Waals surface area contributed by atoms with Gasteiger partial charge in [0.25, 0.3) is 5.91 Å². The first-order valence-electron chi connectivity index (χ1n) is 7.84. The lowest BCUT2D eigenvalue weighted by Gasteiger charge is -2.23. The molecule has 1 aromatic carbocycles. The van der Waals surface area contributed by atoms with Gasteiger partial charge in [-0.15, -0.1) is 0 Å². The highest BCUT2D eigenvalue weighted by Gasteiger charge is 2.26. The van der Waals surface area contributed by atoms with Gasteiger partial charge < -0.3 is 20.5 Å². The highest BCUT2D eigenvalue weighted by Crippen LogP contribution is 2.30. The van der Waals surface area contributed by atoms with Crippen LogP contribution in [0.2, 0.25) is 0 Å². The monoisotopic (exact) mass is 306 g/mol. The maximum absolute atomic E-state index is 12.5. The van der Waals surface area contributed by atoms with Gasteiger partial charge in [-0.3, -0.25) is 4.79 Å². The summed E-state index contributed by atoms with van der Waals surface area (Å²) in [6.07, 6.45) is 4.73. The van der Waals surface area contributed by atoms with Gasteiger partial charge in [0.05, 0.1) is 14.2 Å². The summed E-state index contributed by atoms with van der Waals surface area (Å²) < 4.78 is 10.6. The highest BCUT2D eigenvalue weighted by atomic mass is 16.5. The molecule has 1 aromatic rings. The van der Waals surface area contributed by atoms with Crippen molar-refractivity contribution in [1.82, 2.24) is 5.32 Å². The zero-order chi connectivity index (χ0) is 16.1. The third-order valence-corrected chi connectivity index (χ3v) is 4.55. The summed E-state index contributed by atoms with van der Waals surface area (Å²) in [5.74, 6) is 1.66. The molecule has 1 unspecified atom stereocenters. The Bertz CT molecular complexity index is 500. The minimum atomic E-state index is -0.126. The van der Waals surface area contributed by atoms with E-state index in [4.69, 9.17) is 15.2 Å². The number of nitrogens with two attached hydrogens (primary N) is 1. The van der Waals surface area contributed by atoms with Crippen molar-refractivity contribution in [2.45, 2.75) is 38.6 Å². The van der Waals surface area contributed by atoms with E-state index in [1.165, 1.54) is 12.8 Å². The number of methoxy groups -OCH3 is 2. The number of rotatable bonds is 6. The molecule has 0 heterocycles. The molecule has 0 aliphatic heterocycles. The van der Waals surface area contributed by atoms with Crippen LogP contribution < -0.4 is 20.5 Å². The van der Waals surface area contributed by atoms with Crippen molar-refractivity contribution in [2.75, 3.05) is 20.8 Å². The second-order valence-electron chi connectivity index (χ2n) is 5.87. The number of amides is 1. The summed E-state index contributed by atoms with van der Waals surface area (Å²) in [4.78, 5) is 12.5. The molecule has 0 saturated heterocycles. The maximum Gasteiger partial charge on any atom is 0.251 e. The van der Waals surface area contributed by atoms with Gasteiger partial charge in [-0.25, -0.2) is 0 Å². The largest absolute Gasteiger partial charge is 0.496 e. The molecule has 22 heavy (non-hydrogen) atoms. The average Bonchev–Trinajstić information content (AvgIpc) is 3.06. The van der Waals surface area contributed by atoms with Crippen molar-refractivity contribution in [3.63, 3.8) is 0 Å². The van der Waals surface area contributed by atoms with Crippen LogP contribution in [0.15, 0.2) is 12.1 Å². The lowest BCUT2D eigenvalue weighted by molar-refractivity contribution is 0.0923. The van der Waals surface area contributed by atoms with E-state index >= 15 is 0 Å². The molecule has 1 aliphatic rings. The minimum absolute atomic E-state index is 0.0355. The lowest BCUT2D eigenvalue weighted by Crippen LogP contribution is -2.44. The van der Waals surface area contributed by atoms with E-state index in [9.17, 15) is 4.79 Å². The fourth-order valence-electron chi connectivity index (χ4n) is 3.20. The van der Waals surface area contributed by atoms with Gasteiger partial charge in [0.15, 0.2) is 0 Å². The normalized spacial score (nSPS) is 16.4. The molecule has 5 nitrogen and oxygen atoms in total. The van der Waals surface area contributed by atoms with E-state index in [1.54, 1.807) is 26.4 Å². The predicted octanol–water partition coefficient (Wildman–Crippen LogP) is 2.26. The molecule has 0 aromatic heterocycles. The smallest absolute Gasteiger partial charge is 0.251 e. The quantitative estimate of drug-likeness (QED) is 0.845. The highest BCUT2D eigenvalue weighted by molar-refractivity contribution is 5.95. The van der Waals surface area contributed by atoms with Gasteiger partial charge in [-0.2, -0.15) is 0 Å². The molecular weight excluding hydrogens is 280 g/mol. The fourth-order valence-corrected chi connectivity index (χ4v) is 3.20. The summed E-state index contributed by atoms with van der Waals surface area (Å²) in [5, 5.41) is 3.07. The van der Waals surface area contributed by atoms with Crippen LogP contribution >= 0.6 is 0 Å². The predicted molar refractivity (Wildman–Crippen MR) is 86.5 cm³/mol. The first kappa shape index (κ1) is 16.6. The molecule has 2 rings (SSSR count). The van der Waals surface area contributed by atoms with Crippen LogP contribution in [-0.2, 0) is 0 Å². The van der Waals surface area contributed by atoms with E-state index in [-0.39, 0.29) is 11.9 Å². The first-order chi connectivity index (χ1) is 10.6. The van der Waals surface area contributed by atoms with Crippen molar-refractivity contribution in [2.24, 2.45) is 11.7 Å². The van der Waals surface area contributed by atoms with Crippen LogP contribution in [0.5, 0.6) is 11.5 Å². The van der Waals surface area contributed by atoms with Crippen molar-refractivity contribution < 1.29 is 14.3 Å². The van der Waals surface area contributed by atoms with Gasteiger partial charge in [-0.1, -0.05) is 12.8 Å². The summed E-state index contributed by atoms with van der Waals surface area (Å²) in [6.45, 7) is 2.37.